The first-order valence-corrected chi connectivity index (χ1v) is 6.11. The summed E-state index contributed by atoms with van der Waals surface area (Å²) in [7, 11) is 0. The highest BCUT2D eigenvalue weighted by atomic mass is 16.3. The lowest BCUT2D eigenvalue weighted by Gasteiger charge is -2.19. The molecule has 92 valence electrons. The molecule has 0 aliphatic rings. The Kier molecular flexibility index (Phi) is 4.04. The quantitative estimate of drug-likeness (QED) is 0.829. The number of nitrogens with one attached hydrogen (secondary N) is 1. The summed E-state index contributed by atoms with van der Waals surface area (Å²) in [6.07, 6.45) is 5.34. The first-order valence-electron chi connectivity index (χ1n) is 6.11. The maximum atomic E-state index is 5.44. The van der Waals surface area contributed by atoms with Gasteiger partial charge in [-0.3, -0.25) is 0 Å². The van der Waals surface area contributed by atoms with E-state index in [1.54, 1.807) is 12.5 Å². The number of rotatable bonds is 6. The van der Waals surface area contributed by atoms with E-state index in [2.05, 4.69) is 19.2 Å². The Balaban J connectivity index is 1.90. The van der Waals surface area contributed by atoms with E-state index >= 15 is 0 Å². The summed E-state index contributed by atoms with van der Waals surface area (Å²) in [4.78, 5) is 0. The minimum atomic E-state index is 0.273. The largest absolute Gasteiger partial charge is 0.469 e. The molecule has 0 aromatic carbocycles. The molecule has 2 heterocycles. The van der Waals surface area contributed by atoms with Crippen molar-refractivity contribution in [3.8, 4) is 0 Å². The molecule has 0 spiro atoms. The van der Waals surface area contributed by atoms with Crippen LogP contribution < -0.4 is 5.32 Å². The van der Waals surface area contributed by atoms with Gasteiger partial charge in [-0.1, -0.05) is 6.92 Å². The zero-order valence-corrected chi connectivity index (χ0v) is 10.3. The van der Waals surface area contributed by atoms with E-state index in [-0.39, 0.29) is 6.04 Å². The van der Waals surface area contributed by atoms with Crippen molar-refractivity contribution < 1.29 is 8.83 Å². The van der Waals surface area contributed by atoms with Crippen molar-refractivity contribution >= 4 is 0 Å². The molecule has 0 saturated carbocycles. The second kappa shape index (κ2) is 5.73. The fourth-order valence-electron chi connectivity index (χ4n) is 2.02. The molecule has 2 unspecified atom stereocenters. The van der Waals surface area contributed by atoms with Crippen molar-refractivity contribution in [2.45, 2.75) is 38.8 Å². The lowest BCUT2D eigenvalue weighted by molar-refractivity contribution is 0.360. The molecular weight excluding hydrogens is 214 g/mol. The van der Waals surface area contributed by atoms with Gasteiger partial charge in [0.15, 0.2) is 0 Å². The van der Waals surface area contributed by atoms with Crippen molar-refractivity contribution in [3.05, 3.63) is 48.3 Å². The molecule has 0 saturated heterocycles. The molecule has 2 aromatic heterocycles. The van der Waals surface area contributed by atoms with E-state index in [4.69, 9.17) is 8.83 Å². The molecule has 2 atom stereocenters. The van der Waals surface area contributed by atoms with E-state index < -0.39 is 0 Å². The number of furan rings is 2. The summed E-state index contributed by atoms with van der Waals surface area (Å²) in [5.74, 6) is 2.01. The summed E-state index contributed by atoms with van der Waals surface area (Å²) in [6, 6.07) is 8.50. The van der Waals surface area contributed by atoms with Gasteiger partial charge in [0, 0.05) is 12.5 Å². The van der Waals surface area contributed by atoms with Gasteiger partial charge < -0.3 is 14.2 Å². The van der Waals surface area contributed by atoms with E-state index in [0.29, 0.717) is 6.04 Å². The Bertz CT molecular complexity index is 405. The first-order chi connectivity index (χ1) is 8.29. The normalized spacial score (nSPS) is 14.7. The van der Waals surface area contributed by atoms with E-state index in [9.17, 15) is 0 Å². The third kappa shape index (κ3) is 3.24. The Morgan fingerprint density at radius 2 is 1.94 bits per heavy atom. The van der Waals surface area contributed by atoms with Crippen molar-refractivity contribution in [1.29, 1.82) is 0 Å². The summed E-state index contributed by atoms with van der Waals surface area (Å²) in [5.41, 5.74) is 0. The molecule has 0 fully saturated rings. The predicted octanol–water partition coefficient (Wildman–Crippen LogP) is 3.54. The maximum Gasteiger partial charge on any atom is 0.120 e. The Labute approximate surface area is 102 Å². The highest BCUT2D eigenvalue weighted by molar-refractivity contribution is 5.05. The van der Waals surface area contributed by atoms with Crippen molar-refractivity contribution in [2.24, 2.45) is 0 Å². The Morgan fingerprint density at radius 3 is 2.53 bits per heavy atom. The van der Waals surface area contributed by atoms with Gasteiger partial charge in [0.25, 0.3) is 0 Å². The molecule has 0 aliphatic carbocycles. The summed E-state index contributed by atoms with van der Waals surface area (Å²) in [6.45, 7) is 4.31. The standard InChI is InChI=1S/C14H19NO2/c1-3-13(14-7-5-9-17-14)15-11(2)10-12-6-4-8-16-12/h4-9,11,13,15H,3,10H2,1-2H3. The minimum Gasteiger partial charge on any atom is -0.469 e. The van der Waals surface area contributed by atoms with Crippen LogP contribution >= 0.6 is 0 Å². The molecule has 2 aromatic rings. The summed E-state index contributed by atoms with van der Waals surface area (Å²) >= 11 is 0. The molecule has 3 heteroatoms. The molecule has 1 N–H and O–H groups in total. The topological polar surface area (TPSA) is 38.3 Å². The average molecular weight is 233 g/mol. The highest BCUT2D eigenvalue weighted by Gasteiger charge is 2.15. The number of hydrogen-bond donors (Lipinski definition) is 1. The van der Waals surface area contributed by atoms with Gasteiger partial charge in [-0.15, -0.1) is 0 Å². The van der Waals surface area contributed by atoms with E-state index in [0.717, 1.165) is 24.4 Å². The third-order valence-electron chi connectivity index (χ3n) is 2.87. The SMILES string of the molecule is CCC(NC(C)Cc1ccco1)c1ccco1. The zero-order valence-electron chi connectivity index (χ0n) is 10.3. The van der Waals surface area contributed by atoms with Crippen LogP contribution in [0.25, 0.3) is 0 Å². The average Bonchev–Trinajstić information content (AvgIpc) is 2.97. The summed E-state index contributed by atoms with van der Waals surface area (Å²) < 4.78 is 10.8. The molecule has 2 rings (SSSR count). The minimum absolute atomic E-state index is 0.273. The maximum absolute atomic E-state index is 5.44. The van der Waals surface area contributed by atoms with Crippen LogP contribution in [-0.2, 0) is 6.42 Å². The van der Waals surface area contributed by atoms with Gasteiger partial charge >= 0.3 is 0 Å². The van der Waals surface area contributed by atoms with Crippen molar-refractivity contribution in [2.75, 3.05) is 0 Å². The molecule has 0 bridgehead atoms. The molecular formula is C14H19NO2. The molecule has 0 amide bonds. The molecule has 0 aliphatic heterocycles. The van der Waals surface area contributed by atoms with E-state index in [1.807, 2.05) is 24.3 Å². The van der Waals surface area contributed by atoms with Gasteiger partial charge in [-0.2, -0.15) is 0 Å². The van der Waals surface area contributed by atoms with Gasteiger partial charge in [-0.25, -0.2) is 0 Å². The molecule has 3 nitrogen and oxygen atoms in total. The van der Waals surface area contributed by atoms with Crippen LogP contribution in [-0.4, -0.2) is 6.04 Å². The van der Waals surface area contributed by atoms with Crippen molar-refractivity contribution in [1.82, 2.24) is 5.32 Å². The van der Waals surface area contributed by atoms with Crippen LogP contribution in [0.15, 0.2) is 45.6 Å². The molecule has 0 radical (unpaired) electrons. The fourth-order valence-corrected chi connectivity index (χ4v) is 2.02. The van der Waals surface area contributed by atoms with Crippen LogP contribution in [0.5, 0.6) is 0 Å². The predicted molar refractivity (Wildman–Crippen MR) is 66.7 cm³/mol. The van der Waals surface area contributed by atoms with Crippen LogP contribution in [0.1, 0.15) is 37.8 Å². The van der Waals surface area contributed by atoms with Gasteiger partial charge in [0.05, 0.1) is 18.6 Å². The third-order valence-corrected chi connectivity index (χ3v) is 2.87. The lowest BCUT2D eigenvalue weighted by atomic mass is 10.1. The summed E-state index contributed by atoms with van der Waals surface area (Å²) in [5, 5.41) is 3.55. The Morgan fingerprint density at radius 1 is 1.18 bits per heavy atom. The second-order valence-corrected chi connectivity index (χ2v) is 4.33. The Hall–Kier alpha value is -1.48. The van der Waals surface area contributed by atoms with Gasteiger partial charge in [0.2, 0.25) is 0 Å². The monoisotopic (exact) mass is 233 g/mol. The van der Waals surface area contributed by atoms with Crippen molar-refractivity contribution in [3.63, 3.8) is 0 Å². The van der Waals surface area contributed by atoms with Crippen LogP contribution in [0.4, 0.5) is 0 Å². The van der Waals surface area contributed by atoms with E-state index in [1.165, 1.54) is 0 Å². The fraction of sp³-hybridized carbons (Fsp3) is 0.429. The second-order valence-electron chi connectivity index (χ2n) is 4.33. The zero-order chi connectivity index (χ0) is 12.1. The number of hydrogen-bond acceptors (Lipinski definition) is 3. The van der Waals surface area contributed by atoms with Crippen LogP contribution in [0, 0.1) is 0 Å². The first kappa shape index (κ1) is 12.0. The lowest BCUT2D eigenvalue weighted by Crippen LogP contribution is -2.31. The van der Waals surface area contributed by atoms with Crippen LogP contribution in [0.2, 0.25) is 0 Å². The van der Waals surface area contributed by atoms with Gasteiger partial charge in [0.1, 0.15) is 11.5 Å². The molecule has 17 heavy (non-hydrogen) atoms. The highest BCUT2D eigenvalue weighted by Crippen LogP contribution is 2.18. The smallest absolute Gasteiger partial charge is 0.120 e. The van der Waals surface area contributed by atoms with Crippen LogP contribution in [0.3, 0.4) is 0 Å². The van der Waals surface area contributed by atoms with Gasteiger partial charge in [-0.05, 0) is 37.6 Å².